The molecule has 0 aliphatic rings. The van der Waals surface area contributed by atoms with Crippen LogP contribution in [0.5, 0.6) is 5.75 Å². The minimum Gasteiger partial charge on any atom is -0.871 e. The van der Waals surface area contributed by atoms with E-state index in [1.54, 1.807) is 12.1 Å². The van der Waals surface area contributed by atoms with E-state index >= 15 is 0 Å². The summed E-state index contributed by atoms with van der Waals surface area (Å²) in [5.74, 6) is -0.0248. The summed E-state index contributed by atoms with van der Waals surface area (Å²) in [7, 11) is 0. The van der Waals surface area contributed by atoms with Gasteiger partial charge < -0.3 is 5.11 Å². The smallest absolute Gasteiger partial charge is 0.871 e. The van der Waals surface area contributed by atoms with E-state index in [0.29, 0.717) is 8.95 Å². The minimum absolute atomic E-state index is 0. The maximum Gasteiger partial charge on any atom is 1.00 e. The Balaban J connectivity index is 0.000001000. The van der Waals surface area contributed by atoms with Gasteiger partial charge in [0.05, 0.1) is 0 Å². The Morgan fingerprint density at radius 2 is 1.36 bits per heavy atom. The van der Waals surface area contributed by atoms with E-state index in [0.717, 1.165) is 4.47 Å². The Morgan fingerprint density at radius 3 is 1.73 bits per heavy atom. The molecule has 0 saturated carbocycles. The third-order valence-corrected chi connectivity index (χ3v) is 2.60. The molecular formula is C6H2Br3KO. The fraction of sp³-hybridized carbons (Fsp3) is 0. The predicted octanol–water partition coefficient (Wildman–Crippen LogP) is 0.0517. The predicted molar refractivity (Wildman–Crippen MR) is 49.0 cm³/mol. The normalized spacial score (nSPS) is 9.00. The van der Waals surface area contributed by atoms with E-state index in [-0.39, 0.29) is 57.1 Å². The van der Waals surface area contributed by atoms with Gasteiger partial charge in [-0.1, -0.05) is 53.5 Å². The van der Waals surface area contributed by atoms with Crippen LogP contribution in [0.4, 0.5) is 0 Å². The van der Waals surface area contributed by atoms with Crippen LogP contribution in [0, 0.1) is 0 Å². The first-order chi connectivity index (χ1) is 4.61. The van der Waals surface area contributed by atoms with Gasteiger partial charge in [0.15, 0.2) is 0 Å². The number of rotatable bonds is 0. The largest absolute Gasteiger partial charge is 1.00 e. The van der Waals surface area contributed by atoms with E-state index in [4.69, 9.17) is 0 Å². The summed E-state index contributed by atoms with van der Waals surface area (Å²) in [5.41, 5.74) is 0. The Bertz CT molecular complexity index is 241. The van der Waals surface area contributed by atoms with Gasteiger partial charge >= 0.3 is 51.4 Å². The molecule has 0 aromatic heterocycles. The molecule has 0 saturated heterocycles. The second-order valence-electron chi connectivity index (χ2n) is 1.70. The first kappa shape index (κ1) is 13.1. The molecule has 1 aromatic rings. The maximum atomic E-state index is 11.0. The zero-order valence-electron chi connectivity index (χ0n) is 5.70. The van der Waals surface area contributed by atoms with Gasteiger partial charge in [0.1, 0.15) is 0 Å². The van der Waals surface area contributed by atoms with Crippen molar-refractivity contribution in [1.29, 1.82) is 0 Å². The zero-order chi connectivity index (χ0) is 7.72. The standard InChI is InChI=1S/C6H3Br3O.K/c7-3-1-4(8)6(10)5(9)2-3;/h1-2,10H;/q;+1/p-1. The topological polar surface area (TPSA) is 23.1 Å². The van der Waals surface area contributed by atoms with Gasteiger partial charge in [0.25, 0.3) is 0 Å². The van der Waals surface area contributed by atoms with Crippen LogP contribution in [0.2, 0.25) is 0 Å². The van der Waals surface area contributed by atoms with Crippen LogP contribution in [0.3, 0.4) is 0 Å². The monoisotopic (exact) mass is 366 g/mol. The summed E-state index contributed by atoms with van der Waals surface area (Å²) in [6, 6.07) is 3.43. The van der Waals surface area contributed by atoms with Crippen LogP contribution in [0.15, 0.2) is 25.6 Å². The molecule has 0 fully saturated rings. The van der Waals surface area contributed by atoms with Crippen LogP contribution in [0.1, 0.15) is 0 Å². The van der Waals surface area contributed by atoms with Crippen LogP contribution in [-0.4, -0.2) is 0 Å². The van der Waals surface area contributed by atoms with Crippen LogP contribution < -0.4 is 56.5 Å². The molecule has 0 atom stereocenters. The summed E-state index contributed by atoms with van der Waals surface area (Å²) in [5, 5.41) is 11.0. The molecule has 0 amide bonds. The molecule has 11 heavy (non-hydrogen) atoms. The van der Waals surface area contributed by atoms with Crippen molar-refractivity contribution in [1.82, 2.24) is 0 Å². The van der Waals surface area contributed by atoms with Crippen molar-refractivity contribution in [2.24, 2.45) is 0 Å². The number of hydrogen-bond acceptors (Lipinski definition) is 1. The zero-order valence-corrected chi connectivity index (χ0v) is 13.6. The molecular weight excluding hydrogens is 367 g/mol. The maximum absolute atomic E-state index is 11.0. The third kappa shape index (κ3) is 3.77. The number of hydrogen-bond donors (Lipinski definition) is 0. The van der Waals surface area contributed by atoms with Crippen molar-refractivity contribution in [3.8, 4) is 5.75 Å². The molecule has 54 valence electrons. The fourth-order valence-corrected chi connectivity index (χ4v) is 2.79. The van der Waals surface area contributed by atoms with Gasteiger partial charge in [-0.15, -0.1) is 0 Å². The molecule has 1 nitrogen and oxygen atoms in total. The Morgan fingerprint density at radius 1 is 1.00 bits per heavy atom. The van der Waals surface area contributed by atoms with Crippen molar-refractivity contribution in [2.75, 3.05) is 0 Å². The molecule has 0 spiro atoms. The average molecular weight is 369 g/mol. The molecule has 5 heteroatoms. The molecule has 0 aliphatic heterocycles. The van der Waals surface area contributed by atoms with Crippen molar-refractivity contribution < 1.29 is 56.5 Å². The molecule has 0 bridgehead atoms. The van der Waals surface area contributed by atoms with E-state index in [9.17, 15) is 5.11 Å². The van der Waals surface area contributed by atoms with Crippen LogP contribution >= 0.6 is 47.8 Å². The summed E-state index contributed by atoms with van der Waals surface area (Å²) in [4.78, 5) is 0. The van der Waals surface area contributed by atoms with Gasteiger partial charge in [-0.05, 0) is 12.1 Å². The Labute approximate surface area is 133 Å². The van der Waals surface area contributed by atoms with E-state index < -0.39 is 0 Å². The fourth-order valence-electron chi connectivity index (χ4n) is 0.529. The number of benzene rings is 1. The van der Waals surface area contributed by atoms with E-state index in [1.165, 1.54) is 0 Å². The molecule has 0 unspecified atom stereocenters. The van der Waals surface area contributed by atoms with Crippen LogP contribution in [0.25, 0.3) is 0 Å². The molecule has 1 rings (SSSR count). The van der Waals surface area contributed by atoms with Gasteiger partial charge in [-0.3, -0.25) is 0 Å². The van der Waals surface area contributed by atoms with Crippen LogP contribution in [-0.2, 0) is 0 Å². The second kappa shape index (κ2) is 5.75. The van der Waals surface area contributed by atoms with Gasteiger partial charge in [0, 0.05) is 13.4 Å². The molecule has 0 radical (unpaired) electrons. The summed E-state index contributed by atoms with van der Waals surface area (Å²) in [6.45, 7) is 0. The summed E-state index contributed by atoms with van der Waals surface area (Å²) < 4.78 is 2.01. The SMILES string of the molecule is [K+].[O-]c1c(Br)cc(Br)cc1Br. The van der Waals surface area contributed by atoms with Crippen molar-refractivity contribution in [3.05, 3.63) is 25.6 Å². The Kier molecular flexibility index (Phi) is 6.84. The Hall–Kier alpha value is 2.10. The third-order valence-electron chi connectivity index (χ3n) is 0.963. The average Bonchev–Trinajstić information content (AvgIpc) is 1.82. The molecule has 1 aromatic carbocycles. The van der Waals surface area contributed by atoms with Crippen molar-refractivity contribution in [2.45, 2.75) is 0 Å². The molecule has 0 N–H and O–H groups in total. The minimum atomic E-state index is -0.0248. The summed E-state index contributed by atoms with van der Waals surface area (Å²) in [6.07, 6.45) is 0. The first-order valence-electron chi connectivity index (χ1n) is 2.43. The van der Waals surface area contributed by atoms with Gasteiger partial charge in [-0.25, -0.2) is 0 Å². The quantitative estimate of drug-likeness (QED) is 0.594. The second-order valence-corrected chi connectivity index (χ2v) is 4.32. The summed E-state index contributed by atoms with van der Waals surface area (Å²) >= 11 is 9.50. The van der Waals surface area contributed by atoms with Gasteiger partial charge in [-0.2, -0.15) is 0 Å². The van der Waals surface area contributed by atoms with Crippen molar-refractivity contribution in [3.63, 3.8) is 0 Å². The van der Waals surface area contributed by atoms with E-state index in [1.807, 2.05) is 0 Å². The van der Waals surface area contributed by atoms with Gasteiger partial charge in [0.2, 0.25) is 0 Å². The molecule has 0 aliphatic carbocycles. The van der Waals surface area contributed by atoms with E-state index in [2.05, 4.69) is 47.8 Å². The van der Waals surface area contributed by atoms with Crippen molar-refractivity contribution >= 4 is 47.8 Å². The number of halogens is 3. The molecule has 0 heterocycles. The first-order valence-corrected chi connectivity index (χ1v) is 4.80.